The van der Waals surface area contributed by atoms with Crippen LogP contribution in [0.3, 0.4) is 0 Å². The molecule has 1 fully saturated rings. The van der Waals surface area contributed by atoms with Gasteiger partial charge in [-0.2, -0.15) is 0 Å². The molecule has 2 nitrogen and oxygen atoms in total. The van der Waals surface area contributed by atoms with Crippen molar-refractivity contribution >= 4 is 5.91 Å². The Balaban J connectivity index is 2.58. The Morgan fingerprint density at radius 3 is 3.00 bits per heavy atom. The molecule has 0 unspecified atom stereocenters. The van der Waals surface area contributed by atoms with E-state index < -0.39 is 0 Å². The van der Waals surface area contributed by atoms with Crippen molar-refractivity contribution in [2.45, 2.75) is 38.6 Å². The summed E-state index contributed by atoms with van der Waals surface area (Å²) in [4.78, 5) is 13.3. The van der Waals surface area contributed by atoms with Crippen molar-refractivity contribution in [1.29, 1.82) is 0 Å². The fourth-order valence-electron chi connectivity index (χ4n) is 1.83. The third-order valence-electron chi connectivity index (χ3n) is 2.56. The number of carbonyl (C=O) groups excluding carboxylic acids is 1. The quantitative estimate of drug-likeness (QED) is 0.576. The molecule has 1 saturated heterocycles. The Morgan fingerprint density at radius 2 is 2.42 bits per heavy atom. The molecule has 68 valence electrons. The van der Waals surface area contributed by atoms with Gasteiger partial charge in [-0.1, -0.05) is 13.5 Å². The highest BCUT2D eigenvalue weighted by Gasteiger charge is 2.22. The molecule has 12 heavy (non-hydrogen) atoms. The number of nitrogens with zero attached hydrogens (tertiary/aromatic N) is 1. The van der Waals surface area contributed by atoms with Gasteiger partial charge in [-0.15, -0.1) is 0 Å². The molecular formula is C10H17NO. The van der Waals surface area contributed by atoms with Crippen LogP contribution < -0.4 is 0 Å². The van der Waals surface area contributed by atoms with Gasteiger partial charge in [-0.05, 0) is 31.8 Å². The lowest BCUT2D eigenvalue weighted by atomic mass is 10.00. The second kappa shape index (κ2) is 4.29. The maximum absolute atomic E-state index is 11.3. The average molecular weight is 167 g/mol. The number of likely N-dealkylation sites (tertiary alicyclic amines) is 1. The predicted molar refractivity (Wildman–Crippen MR) is 49.8 cm³/mol. The van der Waals surface area contributed by atoms with Crippen LogP contribution in [0.2, 0.25) is 0 Å². The second-order valence-electron chi connectivity index (χ2n) is 3.29. The number of piperidine rings is 1. The second-order valence-corrected chi connectivity index (χ2v) is 3.29. The summed E-state index contributed by atoms with van der Waals surface area (Å²) in [5.74, 6) is 0.0987. The molecule has 0 radical (unpaired) electrons. The Hall–Kier alpha value is -0.790. The van der Waals surface area contributed by atoms with Gasteiger partial charge < -0.3 is 4.90 Å². The van der Waals surface area contributed by atoms with Gasteiger partial charge >= 0.3 is 0 Å². The molecule has 1 atom stereocenters. The van der Waals surface area contributed by atoms with Gasteiger partial charge in [-0.3, -0.25) is 4.79 Å². The number of carbonyl (C=O) groups is 1. The summed E-state index contributed by atoms with van der Waals surface area (Å²) in [6.07, 6.45) is 6.07. The van der Waals surface area contributed by atoms with E-state index >= 15 is 0 Å². The van der Waals surface area contributed by atoms with E-state index in [0.29, 0.717) is 6.04 Å². The molecule has 1 aliphatic rings. The molecule has 0 N–H and O–H groups in total. The van der Waals surface area contributed by atoms with Gasteiger partial charge in [0.05, 0.1) is 0 Å². The van der Waals surface area contributed by atoms with E-state index in [1.165, 1.54) is 12.5 Å². The monoisotopic (exact) mass is 167 g/mol. The average Bonchev–Trinajstić information content (AvgIpc) is 2.16. The Bertz CT molecular complexity index is 177. The zero-order valence-electron chi connectivity index (χ0n) is 7.75. The maximum Gasteiger partial charge on any atom is 0.246 e. The van der Waals surface area contributed by atoms with Crippen LogP contribution in [0.5, 0.6) is 0 Å². The van der Waals surface area contributed by atoms with Gasteiger partial charge in [0.1, 0.15) is 0 Å². The summed E-state index contributed by atoms with van der Waals surface area (Å²) < 4.78 is 0. The molecule has 0 aromatic carbocycles. The summed E-state index contributed by atoms with van der Waals surface area (Å²) in [7, 11) is 0. The van der Waals surface area contributed by atoms with Gasteiger partial charge in [0.2, 0.25) is 5.91 Å². The lowest BCUT2D eigenvalue weighted by molar-refractivity contribution is -0.129. The van der Waals surface area contributed by atoms with E-state index in [1.54, 1.807) is 0 Å². The van der Waals surface area contributed by atoms with E-state index in [1.807, 2.05) is 4.90 Å². The van der Waals surface area contributed by atoms with E-state index in [2.05, 4.69) is 13.5 Å². The van der Waals surface area contributed by atoms with Crippen LogP contribution in [0, 0.1) is 0 Å². The molecule has 1 heterocycles. The molecule has 0 aliphatic carbocycles. The molecule has 0 aromatic rings. The smallest absolute Gasteiger partial charge is 0.246 e. The number of hydrogen-bond acceptors (Lipinski definition) is 1. The summed E-state index contributed by atoms with van der Waals surface area (Å²) in [6.45, 7) is 6.57. The fourth-order valence-corrected chi connectivity index (χ4v) is 1.83. The van der Waals surface area contributed by atoms with E-state index in [9.17, 15) is 4.79 Å². The molecule has 0 spiro atoms. The van der Waals surface area contributed by atoms with Gasteiger partial charge in [-0.25, -0.2) is 0 Å². The normalized spacial score (nSPS) is 23.8. The maximum atomic E-state index is 11.3. The van der Waals surface area contributed by atoms with Crippen LogP contribution in [-0.2, 0) is 4.79 Å². The van der Waals surface area contributed by atoms with Crippen molar-refractivity contribution < 1.29 is 4.79 Å². The lowest BCUT2D eigenvalue weighted by Crippen LogP contribution is -2.42. The summed E-state index contributed by atoms with van der Waals surface area (Å²) in [5, 5.41) is 0. The van der Waals surface area contributed by atoms with Crippen molar-refractivity contribution in [3.05, 3.63) is 12.7 Å². The highest BCUT2D eigenvalue weighted by molar-refractivity contribution is 5.87. The highest BCUT2D eigenvalue weighted by atomic mass is 16.2. The van der Waals surface area contributed by atoms with Crippen LogP contribution in [-0.4, -0.2) is 23.4 Å². The Morgan fingerprint density at radius 1 is 1.67 bits per heavy atom. The Kier molecular flexibility index (Phi) is 3.32. The van der Waals surface area contributed by atoms with Crippen LogP contribution >= 0.6 is 0 Å². The first-order valence-corrected chi connectivity index (χ1v) is 4.72. The third kappa shape index (κ3) is 1.87. The minimum Gasteiger partial charge on any atom is -0.336 e. The van der Waals surface area contributed by atoms with Crippen LogP contribution in [0.1, 0.15) is 32.6 Å². The van der Waals surface area contributed by atoms with Gasteiger partial charge in [0, 0.05) is 12.6 Å². The topological polar surface area (TPSA) is 20.3 Å². The van der Waals surface area contributed by atoms with Crippen molar-refractivity contribution in [3.63, 3.8) is 0 Å². The predicted octanol–water partition coefficient (Wildman–Crippen LogP) is 1.96. The molecule has 0 aromatic heterocycles. The molecule has 0 saturated carbocycles. The standard InChI is InChI=1S/C10H17NO/c1-3-9-7-5-6-8-11(9)10(12)4-2/h4,9H,2-3,5-8H2,1H3/t9-/m1/s1. The summed E-state index contributed by atoms with van der Waals surface area (Å²) in [6, 6.07) is 0.462. The van der Waals surface area contributed by atoms with E-state index in [-0.39, 0.29) is 5.91 Å². The minimum atomic E-state index is 0.0987. The largest absolute Gasteiger partial charge is 0.336 e. The first-order chi connectivity index (χ1) is 5.79. The first kappa shape index (κ1) is 9.30. The number of hydrogen-bond donors (Lipinski definition) is 0. The van der Waals surface area contributed by atoms with Crippen LogP contribution in [0.15, 0.2) is 12.7 Å². The molecule has 1 aliphatic heterocycles. The van der Waals surface area contributed by atoms with Crippen LogP contribution in [0.4, 0.5) is 0 Å². The zero-order chi connectivity index (χ0) is 8.97. The Labute approximate surface area is 74.2 Å². The SMILES string of the molecule is C=CC(=O)N1CCCC[C@H]1CC. The van der Waals surface area contributed by atoms with Crippen molar-refractivity contribution in [3.8, 4) is 0 Å². The first-order valence-electron chi connectivity index (χ1n) is 4.72. The van der Waals surface area contributed by atoms with Crippen LogP contribution in [0.25, 0.3) is 0 Å². The summed E-state index contributed by atoms with van der Waals surface area (Å²) >= 11 is 0. The zero-order valence-corrected chi connectivity index (χ0v) is 7.75. The van der Waals surface area contributed by atoms with Crippen molar-refractivity contribution in [2.24, 2.45) is 0 Å². The van der Waals surface area contributed by atoms with Crippen molar-refractivity contribution in [1.82, 2.24) is 4.90 Å². The molecular weight excluding hydrogens is 150 g/mol. The van der Waals surface area contributed by atoms with Crippen molar-refractivity contribution in [2.75, 3.05) is 6.54 Å². The molecule has 1 rings (SSSR count). The van der Waals surface area contributed by atoms with E-state index in [0.717, 1.165) is 25.8 Å². The molecule has 2 heteroatoms. The van der Waals surface area contributed by atoms with Gasteiger partial charge in [0.25, 0.3) is 0 Å². The molecule has 0 bridgehead atoms. The van der Waals surface area contributed by atoms with E-state index in [4.69, 9.17) is 0 Å². The lowest BCUT2D eigenvalue weighted by Gasteiger charge is -2.34. The number of rotatable bonds is 2. The van der Waals surface area contributed by atoms with Gasteiger partial charge in [0.15, 0.2) is 0 Å². The number of amides is 1. The third-order valence-corrected chi connectivity index (χ3v) is 2.56. The summed E-state index contributed by atoms with van der Waals surface area (Å²) in [5.41, 5.74) is 0. The molecule has 1 amide bonds. The highest BCUT2D eigenvalue weighted by Crippen LogP contribution is 2.19. The minimum absolute atomic E-state index is 0.0987. The fraction of sp³-hybridized carbons (Fsp3) is 0.700.